The first-order chi connectivity index (χ1) is 13.0. The van der Waals surface area contributed by atoms with Crippen LogP contribution in [0, 0.1) is 0 Å². The summed E-state index contributed by atoms with van der Waals surface area (Å²) in [4.78, 5) is 12.4. The van der Waals surface area contributed by atoms with Crippen molar-refractivity contribution in [3.63, 3.8) is 0 Å². The number of nitrogens with zero attached hydrogens (tertiary/aromatic N) is 1. The molecule has 1 fully saturated rings. The molecule has 0 aliphatic carbocycles. The van der Waals surface area contributed by atoms with Gasteiger partial charge in [-0.1, -0.05) is 18.2 Å². The third-order valence-corrected chi connectivity index (χ3v) is 6.29. The van der Waals surface area contributed by atoms with Crippen molar-refractivity contribution in [2.75, 3.05) is 25.5 Å². The molecule has 0 bridgehead atoms. The van der Waals surface area contributed by atoms with Crippen LogP contribution in [0.2, 0.25) is 0 Å². The van der Waals surface area contributed by atoms with Gasteiger partial charge < -0.3 is 10.1 Å². The lowest BCUT2D eigenvalue weighted by atomic mass is 10.2. The average molecular weight is 386 g/mol. The summed E-state index contributed by atoms with van der Waals surface area (Å²) in [6.07, 6.45) is 4.87. The van der Waals surface area contributed by atoms with Crippen LogP contribution in [-0.4, -0.2) is 38.8 Å². The summed E-state index contributed by atoms with van der Waals surface area (Å²) in [5.74, 6) is 0.370. The number of sulfonamides is 1. The van der Waals surface area contributed by atoms with Gasteiger partial charge in [-0.25, -0.2) is 8.42 Å². The van der Waals surface area contributed by atoms with Crippen LogP contribution in [-0.2, 0) is 14.8 Å². The first kappa shape index (κ1) is 19.1. The summed E-state index contributed by atoms with van der Waals surface area (Å²) in [6.45, 7) is 1.13. The lowest BCUT2D eigenvalue weighted by Gasteiger charge is -2.15. The number of ether oxygens (including phenoxy) is 1. The van der Waals surface area contributed by atoms with E-state index in [0.29, 0.717) is 24.5 Å². The Morgan fingerprint density at radius 1 is 1.07 bits per heavy atom. The van der Waals surface area contributed by atoms with Crippen molar-refractivity contribution >= 4 is 27.7 Å². The molecule has 1 aliphatic rings. The fourth-order valence-electron chi connectivity index (χ4n) is 2.94. The van der Waals surface area contributed by atoms with Gasteiger partial charge in [0.25, 0.3) is 0 Å². The maximum absolute atomic E-state index is 12.5. The van der Waals surface area contributed by atoms with Crippen molar-refractivity contribution in [2.45, 2.75) is 17.7 Å². The maximum Gasteiger partial charge on any atom is 0.248 e. The van der Waals surface area contributed by atoms with Gasteiger partial charge in [-0.15, -0.1) is 0 Å². The van der Waals surface area contributed by atoms with Crippen LogP contribution in [0.1, 0.15) is 18.4 Å². The number of amides is 1. The number of carbonyl (C=O) groups excluding carboxylic acids is 1. The smallest absolute Gasteiger partial charge is 0.248 e. The lowest BCUT2D eigenvalue weighted by molar-refractivity contribution is -0.111. The van der Waals surface area contributed by atoms with E-state index in [4.69, 9.17) is 4.74 Å². The van der Waals surface area contributed by atoms with E-state index >= 15 is 0 Å². The summed E-state index contributed by atoms with van der Waals surface area (Å²) >= 11 is 0. The molecule has 2 aromatic rings. The quantitative estimate of drug-likeness (QED) is 0.774. The molecule has 6 nitrogen and oxygen atoms in total. The highest BCUT2D eigenvalue weighted by molar-refractivity contribution is 7.89. The number of hydrogen-bond donors (Lipinski definition) is 1. The number of para-hydroxylation sites is 1. The minimum Gasteiger partial charge on any atom is -0.496 e. The Morgan fingerprint density at radius 3 is 2.41 bits per heavy atom. The largest absolute Gasteiger partial charge is 0.496 e. The molecule has 0 saturated carbocycles. The monoisotopic (exact) mass is 386 g/mol. The van der Waals surface area contributed by atoms with Crippen molar-refractivity contribution in [1.82, 2.24) is 4.31 Å². The molecule has 0 atom stereocenters. The van der Waals surface area contributed by atoms with E-state index in [1.807, 2.05) is 24.3 Å². The third-order valence-electron chi connectivity index (χ3n) is 4.38. The molecule has 1 amide bonds. The Kier molecular flexibility index (Phi) is 5.93. The predicted octanol–water partition coefficient (Wildman–Crippen LogP) is 3.13. The topological polar surface area (TPSA) is 75.7 Å². The molecular formula is C20H22N2O4S. The Hall–Kier alpha value is -2.64. The van der Waals surface area contributed by atoms with Gasteiger partial charge in [0.1, 0.15) is 5.75 Å². The van der Waals surface area contributed by atoms with Gasteiger partial charge in [-0.2, -0.15) is 4.31 Å². The number of rotatable bonds is 6. The second-order valence-corrected chi connectivity index (χ2v) is 8.14. The van der Waals surface area contributed by atoms with Crippen LogP contribution in [0.3, 0.4) is 0 Å². The summed E-state index contributed by atoms with van der Waals surface area (Å²) < 4.78 is 31.7. The third kappa shape index (κ3) is 4.56. The van der Waals surface area contributed by atoms with Gasteiger partial charge in [0.15, 0.2) is 0 Å². The van der Waals surface area contributed by atoms with Crippen LogP contribution >= 0.6 is 0 Å². The normalized spacial score (nSPS) is 15.1. The van der Waals surface area contributed by atoms with Crippen molar-refractivity contribution in [2.24, 2.45) is 0 Å². The Balaban J connectivity index is 1.66. The van der Waals surface area contributed by atoms with E-state index in [9.17, 15) is 13.2 Å². The van der Waals surface area contributed by atoms with Crippen molar-refractivity contribution < 1.29 is 17.9 Å². The van der Waals surface area contributed by atoms with Crippen LogP contribution in [0.25, 0.3) is 6.08 Å². The number of anilines is 1. The van der Waals surface area contributed by atoms with E-state index in [0.717, 1.165) is 18.4 Å². The van der Waals surface area contributed by atoms with Gasteiger partial charge in [0.05, 0.1) is 12.0 Å². The number of hydrogen-bond acceptors (Lipinski definition) is 4. The first-order valence-electron chi connectivity index (χ1n) is 8.73. The van der Waals surface area contributed by atoms with E-state index in [-0.39, 0.29) is 10.8 Å². The Morgan fingerprint density at radius 2 is 1.74 bits per heavy atom. The molecule has 0 radical (unpaired) electrons. The van der Waals surface area contributed by atoms with Crippen LogP contribution in [0.15, 0.2) is 59.5 Å². The summed E-state index contributed by atoms with van der Waals surface area (Å²) in [5.41, 5.74) is 1.33. The molecule has 0 spiro atoms. The zero-order valence-corrected chi connectivity index (χ0v) is 15.9. The second-order valence-electron chi connectivity index (χ2n) is 6.20. The van der Waals surface area contributed by atoms with Crippen LogP contribution in [0.5, 0.6) is 5.75 Å². The number of methoxy groups -OCH3 is 1. The minimum absolute atomic E-state index is 0.243. The molecule has 2 aromatic carbocycles. The maximum atomic E-state index is 12.5. The molecule has 0 aromatic heterocycles. The Bertz CT molecular complexity index is 931. The van der Waals surface area contributed by atoms with Crippen LogP contribution in [0.4, 0.5) is 5.69 Å². The SMILES string of the molecule is COc1ccccc1/C=C/C(=O)Nc1ccc(S(=O)(=O)N2CCCC2)cc1. The van der Waals surface area contributed by atoms with Gasteiger partial charge in [-0.05, 0) is 49.2 Å². The van der Waals surface area contributed by atoms with Crippen molar-refractivity contribution in [1.29, 1.82) is 0 Å². The zero-order chi connectivity index (χ0) is 19.3. The van der Waals surface area contributed by atoms with Gasteiger partial charge in [0, 0.05) is 30.4 Å². The summed E-state index contributed by atoms with van der Waals surface area (Å²) in [5, 5.41) is 2.72. The fourth-order valence-corrected chi connectivity index (χ4v) is 4.46. The van der Waals surface area contributed by atoms with E-state index < -0.39 is 10.0 Å². The molecular weight excluding hydrogens is 364 g/mol. The van der Waals surface area contributed by atoms with Gasteiger partial charge >= 0.3 is 0 Å². The van der Waals surface area contributed by atoms with E-state index in [1.165, 1.54) is 22.5 Å². The molecule has 1 heterocycles. The van der Waals surface area contributed by atoms with Gasteiger partial charge in [0.2, 0.25) is 15.9 Å². The molecule has 27 heavy (non-hydrogen) atoms. The van der Waals surface area contributed by atoms with Crippen LogP contribution < -0.4 is 10.1 Å². The van der Waals surface area contributed by atoms with Gasteiger partial charge in [-0.3, -0.25) is 4.79 Å². The summed E-state index contributed by atoms with van der Waals surface area (Å²) in [7, 11) is -1.87. The van der Waals surface area contributed by atoms with Crippen molar-refractivity contribution in [3.8, 4) is 5.75 Å². The molecule has 3 rings (SSSR count). The molecule has 1 saturated heterocycles. The molecule has 1 N–H and O–H groups in total. The second kappa shape index (κ2) is 8.37. The summed E-state index contributed by atoms with van der Waals surface area (Å²) in [6, 6.07) is 13.6. The number of benzene rings is 2. The predicted molar refractivity (Wildman–Crippen MR) is 105 cm³/mol. The highest BCUT2D eigenvalue weighted by Crippen LogP contribution is 2.22. The Labute approximate surface area is 159 Å². The molecule has 0 unspecified atom stereocenters. The first-order valence-corrected chi connectivity index (χ1v) is 10.2. The van der Waals surface area contributed by atoms with Crippen molar-refractivity contribution in [3.05, 3.63) is 60.2 Å². The standard InChI is InChI=1S/C20H22N2O4S/c1-26-19-7-3-2-6-16(19)8-13-20(23)21-17-9-11-18(12-10-17)27(24,25)22-14-4-5-15-22/h2-3,6-13H,4-5,14-15H2,1H3,(H,21,23)/b13-8+. The lowest BCUT2D eigenvalue weighted by Crippen LogP contribution is -2.27. The minimum atomic E-state index is -3.45. The van der Waals surface area contributed by atoms with E-state index in [2.05, 4.69) is 5.32 Å². The average Bonchev–Trinajstić information content (AvgIpc) is 3.23. The highest BCUT2D eigenvalue weighted by Gasteiger charge is 2.26. The fraction of sp³-hybridized carbons (Fsp3) is 0.250. The van der Waals surface area contributed by atoms with E-state index in [1.54, 1.807) is 25.3 Å². The highest BCUT2D eigenvalue weighted by atomic mass is 32.2. The number of nitrogens with one attached hydrogen (secondary N) is 1. The molecule has 1 aliphatic heterocycles. The zero-order valence-electron chi connectivity index (χ0n) is 15.1. The number of carbonyl (C=O) groups is 1. The molecule has 7 heteroatoms. The molecule has 142 valence electrons.